The van der Waals surface area contributed by atoms with Crippen molar-refractivity contribution in [2.24, 2.45) is 0 Å². The van der Waals surface area contributed by atoms with Gasteiger partial charge in [-0.05, 0) is 24.3 Å². The van der Waals surface area contributed by atoms with Crippen molar-refractivity contribution in [3.05, 3.63) is 48.0 Å². The van der Waals surface area contributed by atoms with E-state index in [2.05, 4.69) is 14.8 Å². The Labute approximate surface area is 135 Å². The number of carbonyl (C=O) groups is 1. The monoisotopic (exact) mass is 332 g/mol. The van der Waals surface area contributed by atoms with Crippen molar-refractivity contribution in [1.82, 2.24) is 0 Å². The largest absolute Gasteiger partial charge is 0.586 e. The van der Waals surface area contributed by atoms with E-state index in [0.29, 0.717) is 5.56 Å². The first kappa shape index (κ1) is 15.6. The predicted octanol–water partition coefficient (Wildman–Crippen LogP) is 2.90. The Kier molecular flexibility index (Phi) is 3.92. The second kappa shape index (κ2) is 6.04. The van der Waals surface area contributed by atoms with Gasteiger partial charge in [0.2, 0.25) is 0 Å². The molecule has 1 aliphatic rings. The second-order valence-electron chi connectivity index (χ2n) is 4.77. The van der Waals surface area contributed by atoms with E-state index in [0.717, 1.165) is 0 Å². The van der Waals surface area contributed by atoms with Crippen LogP contribution in [-0.4, -0.2) is 18.8 Å². The Balaban J connectivity index is 1.61. The molecule has 1 aliphatic heterocycles. The van der Waals surface area contributed by atoms with Gasteiger partial charge >= 0.3 is 6.29 Å². The highest BCUT2D eigenvalue weighted by molar-refractivity contribution is 5.92. The fraction of sp³-hybridized carbons (Fsp3) is 0.125. The first-order valence-electron chi connectivity index (χ1n) is 6.78. The molecule has 0 spiro atoms. The summed E-state index contributed by atoms with van der Waals surface area (Å²) >= 11 is 0. The topological polar surface area (TPSA) is 80.6 Å². The number of nitrogens with one attached hydrogen (secondary N) is 1. The molecule has 1 heterocycles. The number of carbonyl (C=O) groups excluding carboxylic acids is 1. The third kappa shape index (κ3) is 3.35. The number of nitrogens with zero attached hydrogens (tertiary/aromatic N) is 1. The second-order valence-corrected chi connectivity index (χ2v) is 4.77. The first-order chi connectivity index (χ1) is 11.5. The predicted molar refractivity (Wildman–Crippen MR) is 77.9 cm³/mol. The average molecular weight is 332 g/mol. The van der Waals surface area contributed by atoms with E-state index in [4.69, 9.17) is 10.00 Å². The van der Waals surface area contributed by atoms with Gasteiger partial charge in [-0.3, -0.25) is 4.79 Å². The fourth-order valence-corrected chi connectivity index (χ4v) is 2.05. The maximum absolute atomic E-state index is 12.9. The van der Waals surface area contributed by atoms with Crippen molar-refractivity contribution >= 4 is 11.6 Å². The molecule has 0 fully saturated rings. The van der Waals surface area contributed by atoms with E-state index >= 15 is 0 Å². The van der Waals surface area contributed by atoms with Crippen LogP contribution in [0.4, 0.5) is 14.5 Å². The Bertz CT molecular complexity index is 833. The standard InChI is InChI=1S/C16H10F2N2O4/c17-16(18)23-13-6-5-11(7-14(13)24-16)20-15(21)9-22-12-4-2-1-3-10(12)8-19/h1-7H,9H2,(H,20,21). The number of benzene rings is 2. The molecule has 122 valence electrons. The molecule has 2 aromatic rings. The van der Waals surface area contributed by atoms with Crippen LogP contribution in [0, 0.1) is 11.3 Å². The van der Waals surface area contributed by atoms with E-state index in [1.165, 1.54) is 18.2 Å². The number of halogens is 2. The van der Waals surface area contributed by atoms with Crippen molar-refractivity contribution in [3.63, 3.8) is 0 Å². The smallest absolute Gasteiger partial charge is 0.482 e. The molecule has 24 heavy (non-hydrogen) atoms. The van der Waals surface area contributed by atoms with Gasteiger partial charge in [0.25, 0.3) is 5.91 Å². The molecule has 0 aliphatic carbocycles. The molecule has 3 rings (SSSR count). The third-order valence-electron chi connectivity index (χ3n) is 3.05. The zero-order valence-electron chi connectivity index (χ0n) is 12.1. The number of nitriles is 1. The van der Waals surface area contributed by atoms with Crippen LogP contribution in [0.3, 0.4) is 0 Å². The van der Waals surface area contributed by atoms with Crippen LogP contribution in [0.25, 0.3) is 0 Å². The highest BCUT2D eigenvalue weighted by Gasteiger charge is 2.43. The maximum Gasteiger partial charge on any atom is 0.586 e. The summed E-state index contributed by atoms with van der Waals surface area (Å²) in [4.78, 5) is 11.9. The van der Waals surface area contributed by atoms with E-state index in [1.807, 2.05) is 6.07 Å². The number of ether oxygens (including phenoxy) is 3. The lowest BCUT2D eigenvalue weighted by Gasteiger charge is -2.09. The molecule has 2 aromatic carbocycles. The molecule has 1 amide bonds. The Morgan fingerprint density at radius 3 is 2.75 bits per heavy atom. The van der Waals surface area contributed by atoms with E-state index in [-0.39, 0.29) is 29.5 Å². The normalized spacial score (nSPS) is 13.9. The molecular formula is C16H10F2N2O4. The number of hydrogen-bond acceptors (Lipinski definition) is 5. The number of fused-ring (bicyclic) bond motifs is 1. The highest BCUT2D eigenvalue weighted by Crippen LogP contribution is 2.42. The number of anilines is 1. The number of para-hydroxylation sites is 1. The Morgan fingerprint density at radius 2 is 1.96 bits per heavy atom. The van der Waals surface area contributed by atoms with E-state index in [1.54, 1.807) is 24.3 Å². The number of amides is 1. The molecule has 0 saturated carbocycles. The summed E-state index contributed by atoms with van der Waals surface area (Å²) in [6.07, 6.45) is -3.71. The summed E-state index contributed by atoms with van der Waals surface area (Å²) in [5.74, 6) is -0.528. The lowest BCUT2D eigenvalue weighted by Crippen LogP contribution is -2.25. The molecule has 6 nitrogen and oxygen atoms in total. The van der Waals surface area contributed by atoms with E-state index in [9.17, 15) is 13.6 Å². The summed E-state index contributed by atoms with van der Waals surface area (Å²) in [6.45, 7) is -0.344. The minimum absolute atomic E-state index is 0.114. The van der Waals surface area contributed by atoms with Gasteiger partial charge in [-0.1, -0.05) is 12.1 Å². The summed E-state index contributed by atoms with van der Waals surface area (Å²) in [7, 11) is 0. The molecule has 0 atom stereocenters. The SMILES string of the molecule is N#Cc1ccccc1OCC(=O)Nc1ccc2c(c1)OC(F)(F)O2. The first-order valence-corrected chi connectivity index (χ1v) is 6.78. The van der Waals surface area contributed by atoms with Gasteiger partial charge in [0, 0.05) is 11.8 Å². The zero-order chi connectivity index (χ0) is 17.2. The fourth-order valence-electron chi connectivity index (χ4n) is 2.05. The van der Waals surface area contributed by atoms with Gasteiger partial charge in [0.1, 0.15) is 11.8 Å². The number of hydrogen-bond donors (Lipinski definition) is 1. The zero-order valence-corrected chi connectivity index (χ0v) is 12.1. The van der Waals surface area contributed by atoms with Crippen molar-refractivity contribution in [2.45, 2.75) is 6.29 Å². The lowest BCUT2D eigenvalue weighted by atomic mass is 10.2. The van der Waals surface area contributed by atoms with Gasteiger partial charge in [0.05, 0.1) is 5.56 Å². The van der Waals surface area contributed by atoms with Crippen LogP contribution in [0.15, 0.2) is 42.5 Å². The van der Waals surface area contributed by atoms with Crippen LogP contribution in [0.1, 0.15) is 5.56 Å². The third-order valence-corrected chi connectivity index (χ3v) is 3.05. The van der Waals surface area contributed by atoms with Crippen molar-refractivity contribution in [2.75, 3.05) is 11.9 Å². The summed E-state index contributed by atoms with van der Waals surface area (Å²) < 4.78 is 39.7. The Morgan fingerprint density at radius 1 is 1.21 bits per heavy atom. The lowest BCUT2D eigenvalue weighted by molar-refractivity contribution is -0.286. The molecule has 0 aromatic heterocycles. The number of alkyl halides is 2. The van der Waals surface area contributed by atoms with Gasteiger partial charge in [-0.25, -0.2) is 0 Å². The van der Waals surface area contributed by atoms with Crippen LogP contribution in [0.5, 0.6) is 17.2 Å². The van der Waals surface area contributed by atoms with E-state index < -0.39 is 12.2 Å². The molecule has 0 radical (unpaired) electrons. The summed E-state index contributed by atoms with van der Waals surface area (Å²) in [5.41, 5.74) is 0.549. The molecular weight excluding hydrogens is 322 g/mol. The van der Waals surface area contributed by atoms with Gasteiger partial charge in [-0.15, -0.1) is 8.78 Å². The molecule has 8 heteroatoms. The molecule has 0 bridgehead atoms. The molecule has 0 unspecified atom stereocenters. The summed E-state index contributed by atoms with van der Waals surface area (Å²) in [6, 6.07) is 12.3. The van der Waals surface area contributed by atoms with Crippen molar-refractivity contribution in [1.29, 1.82) is 5.26 Å². The van der Waals surface area contributed by atoms with Gasteiger partial charge in [0.15, 0.2) is 18.1 Å². The highest BCUT2D eigenvalue weighted by atomic mass is 19.3. The summed E-state index contributed by atoms with van der Waals surface area (Å²) in [5, 5.41) is 11.4. The van der Waals surface area contributed by atoms with Crippen LogP contribution in [-0.2, 0) is 4.79 Å². The van der Waals surface area contributed by atoms with Crippen LogP contribution >= 0.6 is 0 Å². The molecule has 0 saturated heterocycles. The quantitative estimate of drug-likeness (QED) is 0.931. The van der Waals surface area contributed by atoms with Crippen molar-refractivity contribution in [3.8, 4) is 23.3 Å². The van der Waals surface area contributed by atoms with Gasteiger partial charge in [-0.2, -0.15) is 5.26 Å². The molecule has 1 N–H and O–H groups in total. The van der Waals surface area contributed by atoms with Crippen molar-refractivity contribution < 1.29 is 27.8 Å². The average Bonchev–Trinajstić information content (AvgIpc) is 2.86. The minimum atomic E-state index is -3.71. The maximum atomic E-state index is 12.9. The van der Waals surface area contributed by atoms with Crippen LogP contribution in [0.2, 0.25) is 0 Å². The number of rotatable bonds is 4. The van der Waals surface area contributed by atoms with Crippen LogP contribution < -0.4 is 19.5 Å². The minimum Gasteiger partial charge on any atom is -0.482 e. The van der Waals surface area contributed by atoms with Gasteiger partial charge < -0.3 is 19.5 Å². The Hall–Kier alpha value is -3.34.